The van der Waals surface area contributed by atoms with Crippen LogP contribution in [0.2, 0.25) is 0 Å². The minimum Gasteiger partial charge on any atom is -0.445 e. The number of aromatic amines is 1. The number of nitrogens with one attached hydrogen (secondary N) is 1. The largest absolute Gasteiger partial charge is 0.445 e. The zero-order valence-electron chi connectivity index (χ0n) is 16.6. The fraction of sp³-hybridized carbons (Fsp3) is 0.125. The van der Waals surface area contributed by atoms with E-state index < -0.39 is 18.0 Å². The van der Waals surface area contributed by atoms with E-state index in [9.17, 15) is 9.59 Å². The van der Waals surface area contributed by atoms with Crippen LogP contribution in [0.25, 0.3) is 11.0 Å². The van der Waals surface area contributed by atoms with Crippen molar-refractivity contribution in [2.24, 2.45) is 5.73 Å². The van der Waals surface area contributed by atoms with E-state index in [-0.39, 0.29) is 6.61 Å². The molecule has 31 heavy (non-hydrogen) atoms. The second-order valence-electron chi connectivity index (χ2n) is 7.46. The Balaban J connectivity index is 1.51. The quantitative estimate of drug-likeness (QED) is 0.531. The number of hydrogen-bond donors (Lipinski definition) is 2. The summed E-state index contributed by atoms with van der Waals surface area (Å²) in [7, 11) is 0. The molecule has 4 aromatic rings. The molecule has 154 valence electrons. The molecule has 1 aromatic heterocycles. The van der Waals surface area contributed by atoms with Gasteiger partial charge in [0.05, 0.1) is 17.6 Å². The van der Waals surface area contributed by atoms with Crippen LogP contribution in [-0.2, 0) is 17.9 Å². The van der Waals surface area contributed by atoms with Crippen molar-refractivity contribution in [2.75, 3.05) is 0 Å². The van der Waals surface area contributed by atoms with Gasteiger partial charge in [0.15, 0.2) is 0 Å². The number of ether oxygens (including phenoxy) is 1. The number of para-hydroxylation sites is 1. The van der Waals surface area contributed by atoms with Gasteiger partial charge in [-0.1, -0.05) is 60.7 Å². The first-order valence-corrected chi connectivity index (χ1v) is 9.95. The second kappa shape index (κ2) is 7.60. The molecule has 0 aliphatic carbocycles. The molecule has 0 bridgehead atoms. The number of hydrogen-bond acceptors (Lipinski definition) is 4. The minimum atomic E-state index is -0.547. The Bertz CT molecular complexity index is 1280. The highest BCUT2D eigenvalue weighted by Gasteiger charge is 2.37. The van der Waals surface area contributed by atoms with Crippen LogP contribution in [0, 0.1) is 0 Å². The molecular formula is C24H20N4O3. The summed E-state index contributed by atoms with van der Waals surface area (Å²) in [6.45, 7) is 0.597. The maximum atomic E-state index is 13.0. The van der Waals surface area contributed by atoms with E-state index >= 15 is 0 Å². The van der Waals surface area contributed by atoms with Crippen molar-refractivity contribution in [2.45, 2.75) is 19.2 Å². The van der Waals surface area contributed by atoms with Crippen LogP contribution in [0.5, 0.6) is 0 Å². The minimum absolute atomic E-state index is 0.186. The third kappa shape index (κ3) is 3.40. The maximum Gasteiger partial charge on any atom is 0.411 e. The van der Waals surface area contributed by atoms with Crippen molar-refractivity contribution in [3.8, 4) is 0 Å². The topological polar surface area (TPSA) is 101 Å². The van der Waals surface area contributed by atoms with Gasteiger partial charge in [0.1, 0.15) is 24.0 Å². The number of benzene rings is 3. The molecule has 1 atom stereocenters. The number of primary amides is 1. The lowest BCUT2D eigenvalue weighted by atomic mass is 10.0. The first-order valence-electron chi connectivity index (χ1n) is 9.95. The average Bonchev–Trinajstić information content (AvgIpc) is 3.39. The van der Waals surface area contributed by atoms with E-state index in [0.717, 1.165) is 16.7 Å². The number of imidazole rings is 1. The van der Waals surface area contributed by atoms with E-state index in [0.29, 0.717) is 29.0 Å². The van der Waals surface area contributed by atoms with Crippen LogP contribution in [0.3, 0.4) is 0 Å². The zero-order valence-corrected chi connectivity index (χ0v) is 16.6. The number of fused-ring (bicyclic) bond motifs is 2. The number of nitrogens with two attached hydrogens (primary N) is 1. The highest BCUT2D eigenvalue weighted by molar-refractivity contribution is 6.04. The molecule has 7 heteroatoms. The fourth-order valence-electron chi connectivity index (χ4n) is 4.03. The normalized spacial score (nSPS) is 15.1. The molecule has 0 spiro atoms. The van der Waals surface area contributed by atoms with Crippen molar-refractivity contribution >= 4 is 23.0 Å². The summed E-state index contributed by atoms with van der Waals surface area (Å²) in [5.41, 5.74) is 9.94. The van der Waals surface area contributed by atoms with E-state index in [1.807, 2.05) is 60.7 Å². The summed E-state index contributed by atoms with van der Waals surface area (Å²) in [4.78, 5) is 34.4. The molecule has 3 N–H and O–H groups in total. The highest BCUT2D eigenvalue weighted by Crippen LogP contribution is 2.38. The average molecular weight is 412 g/mol. The van der Waals surface area contributed by atoms with Crippen LogP contribution in [0.15, 0.2) is 72.8 Å². The molecule has 0 saturated heterocycles. The predicted molar refractivity (Wildman–Crippen MR) is 115 cm³/mol. The van der Waals surface area contributed by atoms with Crippen molar-refractivity contribution in [3.05, 3.63) is 101 Å². The summed E-state index contributed by atoms with van der Waals surface area (Å²) in [6, 6.07) is 22.2. The van der Waals surface area contributed by atoms with Gasteiger partial charge in [-0.3, -0.25) is 9.69 Å². The van der Waals surface area contributed by atoms with Crippen molar-refractivity contribution < 1.29 is 14.3 Å². The third-order valence-electron chi connectivity index (χ3n) is 5.50. The molecular weight excluding hydrogens is 392 g/mol. The van der Waals surface area contributed by atoms with Crippen LogP contribution in [0.4, 0.5) is 4.79 Å². The van der Waals surface area contributed by atoms with Crippen LogP contribution in [0.1, 0.15) is 38.9 Å². The van der Waals surface area contributed by atoms with E-state index in [4.69, 9.17) is 10.5 Å². The molecule has 1 aliphatic heterocycles. The zero-order chi connectivity index (χ0) is 21.4. The Morgan fingerprint density at radius 3 is 2.61 bits per heavy atom. The van der Waals surface area contributed by atoms with Crippen molar-refractivity contribution in [1.82, 2.24) is 14.9 Å². The molecule has 7 nitrogen and oxygen atoms in total. The van der Waals surface area contributed by atoms with Crippen LogP contribution in [-0.4, -0.2) is 26.9 Å². The Morgan fingerprint density at radius 1 is 1.03 bits per heavy atom. The van der Waals surface area contributed by atoms with Gasteiger partial charge in [0.25, 0.3) is 5.91 Å². The van der Waals surface area contributed by atoms with E-state index in [2.05, 4.69) is 9.97 Å². The molecule has 0 unspecified atom stereocenters. The number of H-pyrrole nitrogens is 1. The van der Waals surface area contributed by atoms with Crippen LogP contribution < -0.4 is 5.73 Å². The van der Waals surface area contributed by atoms with Gasteiger partial charge in [-0.05, 0) is 28.8 Å². The van der Waals surface area contributed by atoms with Gasteiger partial charge < -0.3 is 15.5 Å². The monoisotopic (exact) mass is 412 g/mol. The summed E-state index contributed by atoms with van der Waals surface area (Å²) >= 11 is 0. The molecule has 3 aromatic carbocycles. The summed E-state index contributed by atoms with van der Waals surface area (Å²) < 4.78 is 5.60. The first-order chi connectivity index (χ1) is 15.1. The van der Waals surface area contributed by atoms with Gasteiger partial charge in [-0.15, -0.1) is 0 Å². The summed E-state index contributed by atoms with van der Waals surface area (Å²) in [5, 5.41) is 0. The lowest BCUT2D eigenvalue weighted by molar-refractivity contribution is 0.0876. The highest BCUT2D eigenvalue weighted by atomic mass is 16.6. The molecule has 2 heterocycles. The smallest absolute Gasteiger partial charge is 0.411 e. The molecule has 5 rings (SSSR count). The molecule has 0 radical (unpaired) electrons. The number of amides is 2. The molecule has 2 amide bonds. The fourth-order valence-corrected chi connectivity index (χ4v) is 4.03. The SMILES string of the molecule is NC(=O)c1cccc2[nH]c([C@H]3c4ccccc4CN3C(=O)OCc3ccccc3)nc12. The predicted octanol–water partition coefficient (Wildman–Crippen LogP) is 3.90. The summed E-state index contributed by atoms with van der Waals surface area (Å²) in [6.07, 6.45) is -0.430. The van der Waals surface area contributed by atoms with E-state index in [1.165, 1.54) is 0 Å². The van der Waals surface area contributed by atoms with Gasteiger partial charge in [0, 0.05) is 0 Å². The molecule has 0 saturated carbocycles. The standard InChI is InChI=1S/C24H20N4O3/c25-22(29)18-11-6-12-19-20(18)27-23(26-19)21-17-10-5-4-9-16(17)13-28(21)24(30)31-14-15-7-2-1-3-8-15/h1-12,21H,13-14H2,(H2,25,29)(H,26,27)/t21-/m1/s1. The summed E-state index contributed by atoms with van der Waals surface area (Å²) in [5.74, 6) is 0.0138. The Hall–Kier alpha value is -4.13. The number of carbonyl (C=O) groups excluding carboxylic acids is 2. The molecule has 1 aliphatic rings. The third-order valence-corrected chi connectivity index (χ3v) is 5.50. The van der Waals surface area contributed by atoms with Gasteiger partial charge >= 0.3 is 6.09 Å². The van der Waals surface area contributed by atoms with Crippen molar-refractivity contribution in [3.63, 3.8) is 0 Å². The number of rotatable bonds is 4. The van der Waals surface area contributed by atoms with Gasteiger partial charge in [-0.25, -0.2) is 9.78 Å². The van der Waals surface area contributed by atoms with Gasteiger partial charge in [0.2, 0.25) is 0 Å². The lowest BCUT2D eigenvalue weighted by Crippen LogP contribution is -2.31. The van der Waals surface area contributed by atoms with Gasteiger partial charge in [-0.2, -0.15) is 0 Å². The second-order valence-corrected chi connectivity index (χ2v) is 7.46. The number of carbonyl (C=O) groups is 2. The number of aromatic nitrogens is 2. The Morgan fingerprint density at radius 2 is 1.81 bits per heavy atom. The number of nitrogens with zero attached hydrogens (tertiary/aromatic N) is 2. The Kier molecular flexibility index (Phi) is 4.63. The first kappa shape index (κ1) is 18.9. The lowest BCUT2D eigenvalue weighted by Gasteiger charge is -2.23. The van der Waals surface area contributed by atoms with Crippen molar-refractivity contribution in [1.29, 1.82) is 0 Å². The van der Waals surface area contributed by atoms with E-state index in [1.54, 1.807) is 17.0 Å². The molecule has 0 fully saturated rings. The maximum absolute atomic E-state index is 13.0. The Labute approximate surface area is 178 Å². The van der Waals surface area contributed by atoms with Crippen LogP contribution >= 0.6 is 0 Å².